The van der Waals surface area contributed by atoms with Crippen LogP contribution in [-0.2, 0) is 11.3 Å². The number of benzene rings is 1. The van der Waals surface area contributed by atoms with Crippen LogP contribution in [0.3, 0.4) is 0 Å². The lowest BCUT2D eigenvalue weighted by Crippen LogP contribution is -2.38. The molecule has 0 fully saturated rings. The molecule has 0 spiro atoms. The van der Waals surface area contributed by atoms with E-state index in [-0.39, 0.29) is 11.9 Å². The van der Waals surface area contributed by atoms with Crippen LogP contribution in [0.2, 0.25) is 0 Å². The molecule has 0 saturated carbocycles. The average Bonchev–Trinajstić information content (AvgIpc) is 3.13. The van der Waals surface area contributed by atoms with Gasteiger partial charge in [-0.1, -0.05) is 12.1 Å². The van der Waals surface area contributed by atoms with Gasteiger partial charge in [-0.05, 0) is 26.0 Å². The van der Waals surface area contributed by atoms with Crippen molar-refractivity contribution in [2.24, 2.45) is 4.99 Å². The van der Waals surface area contributed by atoms with Gasteiger partial charge in [0, 0.05) is 36.7 Å². The molecule has 0 aliphatic heterocycles. The van der Waals surface area contributed by atoms with E-state index in [0.29, 0.717) is 18.0 Å². The Morgan fingerprint density at radius 1 is 1.44 bits per heavy atom. The molecule has 1 N–H and O–H groups in total. The second kappa shape index (κ2) is 11.3. The molecule has 0 aliphatic rings. The third kappa shape index (κ3) is 6.79. The predicted octanol–water partition coefficient (Wildman–Crippen LogP) is 4.18. The molecule has 1 unspecified atom stereocenters. The Labute approximate surface area is 169 Å². The van der Waals surface area contributed by atoms with Crippen LogP contribution < -0.4 is 5.32 Å². The summed E-state index contributed by atoms with van der Waals surface area (Å²) < 4.78 is 19.0. The molecule has 1 aromatic carbocycles. The second-order valence-electron chi connectivity index (χ2n) is 5.93. The van der Waals surface area contributed by atoms with E-state index < -0.39 is 0 Å². The summed E-state index contributed by atoms with van der Waals surface area (Å²) in [7, 11) is 3.68. The van der Waals surface area contributed by atoms with Crippen molar-refractivity contribution in [1.29, 1.82) is 0 Å². The molecular weight excluding hydrogens is 383 g/mol. The molecule has 8 heteroatoms. The summed E-state index contributed by atoms with van der Waals surface area (Å²) >= 11 is 3.09. The van der Waals surface area contributed by atoms with Crippen molar-refractivity contribution in [2.75, 3.05) is 33.0 Å². The quantitative estimate of drug-likeness (QED) is 0.291. The molecular formula is C19H27FN4OS2. The third-order valence-corrected chi connectivity index (χ3v) is 5.90. The number of nitrogens with one attached hydrogen (secondary N) is 1. The van der Waals surface area contributed by atoms with E-state index in [1.807, 2.05) is 31.9 Å². The van der Waals surface area contributed by atoms with Gasteiger partial charge in [0.2, 0.25) is 0 Å². The summed E-state index contributed by atoms with van der Waals surface area (Å²) in [5.74, 6) is 1.36. The summed E-state index contributed by atoms with van der Waals surface area (Å²) in [6, 6.07) is 6.82. The normalized spacial score (nSPS) is 12.9. The van der Waals surface area contributed by atoms with Gasteiger partial charge in [0.25, 0.3) is 0 Å². The largest absolute Gasteiger partial charge is 0.375 e. The van der Waals surface area contributed by atoms with E-state index in [4.69, 9.17) is 4.74 Å². The van der Waals surface area contributed by atoms with Gasteiger partial charge in [0.1, 0.15) is 16.9 Å². The first-order valence-electron chi connectivity index (χ1n) is 8.89. The minimum Gasteiger partial charge on any atom is -0.375 e. The lowest BCUT2D eigenvalue weighted by molar-refractivity contribution is 0.119. The molecule has 148 valence electrons. The van der Waals surface area contributed by atoms with Crippen molar-refractivity contribution in [3.63, 3.8) is 0 Å². The first-order chi connectivity index (χ1) is 13.0. The fourth-order valence-electron chi connectivity index (χ4n) is 2.34. The number of thiazole rings is 1. The van der Waals surface area contributed by atoms with Gasteiger partial charge in [-0.15, -0.1) is 23.1 Å². The van der Waals surface area contributed by atoms with Crippen LogP contribution in [0.4, 0.5) is 4.39 Å². The fraction of sp³-hybridized carbons (Fsp3) is 0.474. The second-order valence-corrected chi connectivity index (χ2v) is 7.95. The van der Waals surface area contributed by atoms with Gasteiger partial charge in [-0.3, -0.25) is 4.99 Å². The number of thioether (sulfide) groups is 1. The van der Waals surface area contributed by atoms with Gasteiger partial charge in [0.05, 0.1) is 18.8 Å². The van der Waals surface area contributed by atoms with Crippen LogP contribution >= 0.6 is 23.1 Å². The molecule has 0 saturated heterocycles. The maximum absolute atomic E-state index is 13.7. The Morgan fingerprint density at radius 3 is 2.93 bits per heavy atom. The Hall–Kier alpha value is -1.64. The zero-order valence-electron chi connectivity index (χ0n) is 16.2. The summed E-state index contributed by atoms with van der Waals surface area (Å²) in [5, 5.41) is 6.33. The molecule has 0 aliphatic carbocycles. The summed E-state index contributed by atoms with van der Waals surface area (Å²) in [6.45, 7) is 6.09. The molecule has 5 nitrogen and oxygen atoms in total. The lowest BCUT2D eigenvalue weighted by atomic mass is 10.3. The molecule has 1 heterocycles. The molecule has 1 atom stereocenters. The van der Waals surface area contributed by atoms with Crippen molar-refractivity contribution in [2.45, 2.75) is 31.4 Å². The van der Waals surface area contributed by atoms with Crippen LogP contribution in [0.25, 0.3) is 0 Å². The summed E-state index contributed by atoms with van der Waals surface area (Å²) in [4.78, 5) is 12.0. The molecule has 0 bridgehead atoms. The maximum Gasteiger partial charge on any atom is 0.194 e. The number of aliphatic imine (C=N–C) groups is 1. The standard InChI is InChI=1S/C19H27FN4OS2/c1-5-21-19(22-10-11-26-17-9-7-6-8-16(17)20)24(3)12-15-13-27-18(23-15)14(2)25-4/h6-9,13-14H,5,10-12H2,1-4H3,(H,21,22). The topological polar surface area (TPSA) is 49.8 Å². The molecule has 2 rings (SSSR count). The minimum absolute atomic E-state index is 0.00590. The molecule has 0 radical (unpaired) electrons. The number of hydrogen-bond acceptors (Lipinski definition) is 5. The highest BCUT2D eigenvalue weighted by Crippen LogP contribution is 2.22. The van der Waals surface area contributed by atoms with Crippen molar-refractivity contribution in [3.8, 4) is 0 Å². The van der Waals surface area contributed by atoms with Gasteiger partial charge < -0.3 is 15.0 Å². The lowest BCUT2D eigenvalue weighted by Gasteiger charge is -2.21. The van der Waals surface area contributed by atoms with Crippen molar-refractivity contribution in [1.82, 2.24) is 15.2 Å². The monoisotopic (exact) mass is 410 g/mol. The van der Waals surface area contributed by atoms with E-state index >= 15 is 0 Å². The molecule has 0 amide bonds. The van der Waals surface area contributed by atoms with Crippen LogP contribution in [0.15, 0.2) is 39.5 Å². The fourth-order valence-corrected chi connectivity index (χ4v) is 3.96. The first kappa shape index (κ1) is 21.7. The summed E-state index contributed by atoms with van der Waals surface area (Å²) in [5.41, 5.74) is 0.993. The minimum atomic E-state index is -0.180. The molecule has 2 aromatic rings. The first-order valence-corrected chi connectivity index (χ1v) is 10.8. The van der Waals surface area contributed by atoms with Gasteiger partial charge in [0.15, 0.2) is 5.96 Å². The van der Waals surface area contributed by atoms with Crippen molar-refractivity contribution < 1.29 is 9.13 Å². The van der Waals surface area contributed by atoms with Gasteiger partial charge >= 0.3 is 0 Å². The number of methoxy groups -OCH3 is 1. The number of hydrogen-bond donors (Lipinski definition) is 1. The number of aromatic nitrogens is 1. The number of halogens is 1. The van der Waals surface area contributed by atoms with Crippen LogP contribution in [-0.4, -0.2) is 48.8 Å². The third-order valence-electron chi connectivity index (χ3n) is 3.81. The summed E-state index contributed by atoms with van der Waals surface area (Å²) in [6.07, 6.45) is 0.00590. The number of nitrogens with zero attached hydrogens (tertiary/aromatic N) is 3. The highest BCUT2D eigenvalue weighted by molar-refractivity contribution is 7.99. The maximum atomic E-state index is 13.7. The molecule has 27 heavy (non-hydrogen) atoms. The van der Waals surface area contributed by atoms with Crippen molar-refractivity contribution >= 4 is 29.1 Å². The zero-order valence-corrected chi connectivity index (χ0v) is 17.9. The van der Waals surface area contributed by atoms with E-state index in [0.717, 1.165) is 29.0 Å². The number of rotatable bonds is 9. The van der Waals surface area contributed by atoms with E-state index in [1.54, 1.807) is 30.6 Å². The SMILES string of the molecule is CCNC(=NCCSc1ccccc1F)N(C)Cc1csc(C(C)OC)n1. The van der Waals surface area contributed by atoms with E-state index in [9.17, 15) is 4.39 Å². The Kier molecular flexibility index (Phi) is 9.03. The van der Waals surface area contributed by atoms with Crippen LogP contribution in [0.5, 0.6) is 0 Å². The smallest absolute Gasteiger partial charge is 0.194 e. The predicted molar refractivity (Wildman–Crippen MR) is 112 cm³/mol. The highest BCUT2D eigenvalue weighted by atomic mass is 32.2. The Morgan fingerprint density at radius 2 is 2.22 bits per heavy atom. The zero-order chi connectivity index (χ0) is 19.6. The van der Waals surface area contributed by atoms with E-state index in [2.05, 4.69) is 20.7 Å². The Bertz CT molecular complexity index is 738. The number of ether oxygens (including phenoxy) is 1. The van der Waals surface area contributed by atoms with Gasteiger partial charge in [-0.25, -0.2) is 9.37 Å². The Balaban J connectivity index is 1.91. The van der Waals surface area contributed by atoms with Crippen molar-refractivity contribution in [3.05, 3.63) is 46.2 Å². The van der Waals surface area contributed by atoms with Gasteiger partial charge in [-0.2, -0.15) is 0 Å². The molecule has 1 aromatic heterocycles. The highest BCUT2D eigenvalue weighted by Gasteiger charge is 2.12. The van der Waals surface area contributed by atoms with E-state index in [1.165, 1.54) is 17.8 Å². The number of guanidine groups is 1. The average molecular weight is 411 g/mol. The van der Waals surface area contributed by atoms with Crippen LogP contribution in [0.1, 0.15) is 30.7 Å². The van der Waals surface area contributed by atoms with Crippen LogP contribution in [0, 0.1) is 5.82 Å².